The van der Waals surface area contributed by atoms with Crippen LogP contribution in [-0.2, 0) is 6.42 Å². The third-order valence-electron chi connectivity index (χ3n) is 2.24. The van der Waals surface area contributed by atoms with Gasteiger partial charge in [0.05, 0.1) is 6.20 Å². The van der Waals surface area contributed by atoms with Crippen molar-refractivity contribution in [1.82, 2.24) is 4.98 Å². The Morgan fingerprint density at radius 2 is 2.31 bits per heavy atom. The molecule has 0 aromatic carbocycles. The first-order chi connectivity index (χ1) is 7.74. The van der Waals surface area contributed by atoms with E-state index in [1.807, 2.05) is 0 Å². The highest BCUT2D eigenvalue weighted by Gasteiger charge is 2.04. The molecule has 2 aromatic rings. The van der Waals surface area contributed by atoms with Crippen molar-refractivity contribution in [2.24, 2.45) is 0 Å². The summed E-state index contributed by atoms with van der Waals surface area (Å²) in [6.07, 6.45) is 2.17. The highest BCUT2D eigenvalue weighted by Crippen LogP contribution is 2.11. The van der Waals surface area contributed by atoms with Crippen molar-refractivity contribution in [3.05, 3.63) is 46.5 Å². The van der Waals surface area contributed by atoms with Crippen molar-refractivity contribution in [2.45, 2.75) is 19.4 Å². The normalized spacial score (nSPS) is 12.4. The van der Waals surface area contributed by atoms with Crippen LogP contribution in [0.15, 0.2) is 35.2 Å². The first kappa shape index (κ1) is 11.1. The molecule has 0 bridgehead atoms. The van der Waals surface area contributed by atoms with Gasteiger partial charge in [0.1, 0.15) is 11.6 Å². The van der Waals surface area contributed by atoms with Crippen LogP contribution in [0, 0.1) is 5.82 Å². The standard InChI is InChI=1S/C12H13FN2S/c1-9(6-10-4-5-16-8-10)15-12-3-2-11(13)7-14-12/h2-5,7-9H,6H2,1H3,(H,14,15). The largest absolute Gasteiger partial charge is 0.367 e. The van der Waals surface area contributed by atoms with Crippen LogP contribution in [-0.4, -0.2) is 11.0 Å². The van der Waals surface area contributed by atoms with Gasteiger partial charge in [-0.1, -0.05) is 0 Å². The fourth-order valence-electron chi connectivity index (χ4n) is 1.53. The number of pyridine rings is 1. The SMILES string of the molecule is CC(Cc1ccsc1)Nc1ccc(F)cn1. The van der Waals surface area contributed by atoms with Crippen LogP contribution < -0.4 is 5.32 Å². The van der Waals surface area contributed by atoms with E-state index < -0.39 is 0 Å². The highest BCUT2D eigenvalue weighted by molar-refractivity contribution is 7.07. The molecule has 0 aliphatic rings. The zero-order chi connectivity index (χ0) is 11.4. The minimum atomic E-state index is -0.309. The van der Waals surface area contributed by atoms with Crippen LogP contribution in [0.1, 0.15) is 12.5 Å². The van der Waals surface area contributed by atoms with E-state index in [1.165, 1.54) is 17.8 Å². The molecule has 0 spiro atoms. The molecule has 2 nitrogen and oxygen atoms in total. The maximum atomic E-state index is 12.6. The second-order valence-electron chi connectivity index (χ2n) is 3.74. The van der Waals surface area contributed by atoms with Crippen LogP contribution >= 0.6 is 11.3 Å². The van der Waals surface area contributed by atoms with Gasteiger partial charge in [0.25, 0.3) is 0 Å². The number of hydrogen-bond donors (Lipinski definition) is 1. The maximum absolute atomic E-state index is 12.6. The van der Waals surface area contributed by atoms with Crippen LogP contribution in [0.4, 0.5) is 10.2 Å². The molecule has 0 amide bonds. The number of hydrogen-bond acceptors (Lipinski definition) is 3. The van der Waals surface area contributed by atoms with E-state index in [0.29, 0.717) is 5.82 Å². The molecule has 2 heterocycles. The molecule has 4 heteroatoms. The Hall–Kier alpha value is -1.42. The summed E-state index contributed by atoms with van der Waals surface area (Å²) in [7, 11) is 0. The molecular formula is C12H13FN2S. The van der Waals surface area contributed by atoms with Gasteiger partial charge in [-0.25, -0.2) is 9.37 Å². The van der Waals surface area contributed by atoms with Gasteiger partial charge >= 0.3 is 0 Å². The van der Waals surface area contributed by atoms with Crippen molar-refractivity contribution in [2.75, 3.05) is 5.32 Å². The van der Waals surface area contributed by atoms with Crippen LogP contribution in [0.5, 0.6) is 0 Å². The number of nitrogens with zero attached hydrogens (tertiary/aromatic N) is 1. The molecule has 1 unspecified atom stereocenters. The number of anilines is 1. The lowest BCUT2D eigenvalue weighted by Crippen LogP contribution is -2.18. The summed E-state index contributed by atoms with van der Waals surface area (Å²) in [5, 5.41) is 7.44. The lowest BCUT2D eigenvalue weighted by molar-refractivity contribution is 0.621. The van der Waals surface area contributed by atoms with E-state index in [9.17, 15) is 4.39 Å². The molecule has 2 rings (SSSR count). The van der Waals surface area contributed by atoms with Gasteiger partial charge in [0.2, 0.25) is 0 Å². The van der Waals surface area contributed by atoms with Gasteiger partial charge < -0.3 is 5.32 Å². The Morgan fingerprint density at radius 1 is 1.44 bits per heavy atom. The topological polar surface area (TPSA) is 24.9 Å². The van der Waals surface area contributed by atoms with E-state index in [4.69, 9.17) is 0 Å². The van der Waals surface area contributed by atoms with Gasteiger partial charge in [-0.15, -0.1) is 0 Å². The summed E-state index contributed by atoms with van der Waals surface area (Å²) < 4.78 is 12.6. The zero-order valence-corrected chi connectivity index (χ0v) is 9.80. The summed E-state index contributed by atoms with van der Waals surface area (Å²) in [6.45, 7) is 2.09. The molecule has 0 fully saturated rings. The Morgan fingerprint density at radius 3 is 2.94 bits per heavy atom. The van der Waals surface area contributed by atoms with E-state index in [0.717, 1.165) is 6.42 Å². The predicted molar refractivity (Wildman–Crippen MR) is 65.3 cm³/mol. The first-order valence-corrected chi connectivity index (χ1v) is 6.07. The van der Waals surface area contributed by atoms with Gasteiger partial charge in [-0.05, 0) is 47.9 Å². The lowest BCUT2D eigenvalue weighted by atomic mass is 10.1. The van der Waals surface area contributed by atoms with Gasteiger partial charge in [0, 0.05) is 6.04 Å². The minimum absolute atomic E-state index is 0.285. The Kier molecular flexibility index (Phi) is 3.51. The number of thiophene rings is 1. The van der Waals surface area contributed by atoms with Crippen molar-refractivity contribution < 1.29 is 4.39 Å². The van der Waals surface area contributed by atoms with Crippen molar-refractivity contribution in [1.29, 1.82) is 0 Å². The average molecular weight is 236 g/mol. The monoisotopic (exact) mass is 236 g/mol. The molecule has 16 heavy (non-hydrogen) atoms. The summed E-state index contributed by atoms with van der Waals surface area (Å²) in [6, 6.07) is 5.46. The van der Waals surface area contributed by atoms with Crippen molar-refractivity contribution >= 4 is 17.2 Å². The Labute approximate surface area is 98.2 Å². The number of halogens is 1. The number of nitrogens with one attached hydrogen (secondary N) is 1. The van der Waals surface area contributed by atoms with Crippen LogP contribution in [0.2, 0.25) is 0 Å². The van der Waals surface area contributed by atoms with Crippen molar-refractivity contribution in [3.8, 4) is 0 Å². The summed E-state index contributed by atoms with van der Waals surface area (Å²) in [5.41, 5.74) is 1.31. The summed E-state index contributed by atoms with van der Waals surface area (Å²) in [5.74, 6) is 0.403. The summed E-state index contributed by atoms with van der Waals surface area (Å²) >= 11 is 1.70. The quantitative estimate of drug-likeness (QED) is 0.880. The minimum Gasteiger partial charge on any atom is -0.367 e. The molecule has 84 valence electrons. The summed E-state index contributed by atoms with van der Waals surface area (Å²) in [4.78, 5) is 3.96. The zero-order valence-electron chi connectivity index (χ0n) is 8.98. The maximum Gasteiger partial charge on any atom is 0.141 e. The molecule has 2 aromatic heterocycles. The third-order valence-corrected chi connectivity index (χ3v) is 2.98. The van der Waals surface area contributed by atoms with E-state index in [1.54, 1.807) is 17.4 Å². The molecule has 0 saturated carbocycles. The van der Waals surface area contributed by atoms with Gasteiger partial charge in [-0.3, -0.25) is 0 Å². The number of aromatic nitrogens is 1. The second-order valence-corrected chi connectivity index (χ2v) is 4.52. The number of rotatable bonds is 4. The van der Waals surface area contributed by atoms with E-state index in [-0.39, 0.29) is 11.9 Å². The van der Waals surface area contributed by atoms with Gasteiger partial charge in [0.15, 0.2) is 0 Å². The molecule has 0 saturated heterocycles. The fraction of sp³-hybridized carbons (Fsp3) is 0.250. The van der Waals surface area contributed by atoms with Crippen molar-refractivity contribution in [3.63, 3.8) is 0 Å². The second kappa shape index (κ2) is 5.07. The molecule has 0 aliphatic carbocycles. The first-order valence-electron chi connectivity index (χ1n) is 5.13. The van der Waals surface area contributed by atoms with Crippen LogP contribution in [0.3, 0.4) is 0 Å². The average Bonchev–Trinajstić information content (AvgIpc) is 2.74. The smallest absolute Gasteiger partial charge is 0.141 e. The molecule has 1 atom stereocenters. The third kappa shape index (κ3) is 3.03. The molecule has 1 N–H and O–H groups in total. The predicted octanol–water partition coefficient (Wildman–Crippen LogP) is 3.33. The Bertz CT molecular complexity index is 425. The fourth-order valence-corrected chi connectivity index (χ4v) is 2.21. The molecule has 0 aliphatic heterocycles. The molecular weight excluding hydrogens is 223 g/mol. The van der Waals surface area contributed by atoms with E-state index >= 15 is 0 Å². The van der Waals surface area contributed by atoms with E-state index in [2.05, 4.69) is 34.1 Å². The Balaban J connectivity index is 1.92. The lowest BCUT2D eigenvalue weighted by Gasteiger charge is -2.13. The van der Waals surface area contributed by atoms with Gasteiger partial charge in [-0.2, -0.15) is 11.3 Å². The van der Waals surface area contributed by atoms with Crippen LogP contribution in [0.25, 0.3) is 0 Å². The molecule has 0 radical (unpaired) electrons. The highest BCUT2D eigenvalue weighted by atomic mass is 32.1.